The molecule has 1 amide bonds. The van der Waals surface area contributed by atoms with Gasteiger partial charge >= 0.3 is 5.97 Å². The minimum atomic E-state index is -0.851. The van der Waals surface area contributed by atoms with Crippen LogP contribution in [0.4, 0.5) is 0 Å². The molecular weight excluding hydrogens is 863 g/mol. The average Bonchev–Trinajstić information content (AvgIpc) is 3.36. The van der Waals surface area contributed by atoms with Gasteiger partial charge in [-0.15, -0.1) is 0 Å². The predicted octanol–water partition coefficient (Wildman–Crippen LogP) is 19.6. The van der Waals surface area contributed by atoms with E-state index in [9.17, 15) is 19.8 Å². The largest absolute Gasteiger partial charge is 0.466 e. The quantitative estimate of drug-likeness (QED) is 0.0321. The molecule has 0 saturated heterocycles. The molecule has 0 aliphatic heterocycles. The van der Waals surface area contributed by atoms with Crippen molar-refractivity contribution in [2.45, 2.75) is 347 Å². The molecule has 3 N–H and O–H groups in total. The van der Waals surface area contributed by atoms with Gasteiger partial charge in [-0.25, -0.2) is 0 Å². The fourth-order valence-electron chi connectivity index (χ4n) is 9.61. The van der Waals surface area contributed by atoms with Crippen LogP contribution in [0.3, 0.4) is 0 Å². The summed E-state index contributed by atoms with van der Waals surface area (Å²) in [4.78, 5) is 24.5. The first-order chi connectivity index (χ1) is 34.5. The molecule has 2 atom stereocenters. The number of rotatable bonds is 58. The van der Waals surface area contributed by atoms with Gasteiger partial charge in [-0.05, 0) is 64.2 Å². The highest BCUT2D eigenvalue weighted by atomic mass is 16.5. The first-order valence-electron chi connectivity index (χ1n) is 31.3. The number of allylic oxidation sites excluding steroid dienone is 5. The van der Waals surface area contributed by atoms with E-state index in [1.54, 1.807) is 6.08 Å². The Balaban J connectivity index is 3.48. The molecule has 0 bridgehead atoms. The monoisotopic (exact) mass is 984 g/mol. The molecule has 0 aromatic rings. The van der Waals surface area contributed by atoms with Crippen molar-refractivity contribution >= 4 is 11.9 Å². The Bertz CT molecular complexity index is 1130. The molecular formula is C64H121NO5. The van der Waals surface area contributed by atoms with Crippen LogP contribution in [0.1, 0.15) is 335 Å². The van der Waals surface area contributed by atoms with Gasteiger partial charge in [0.25, 0.3) is 0 Å². The molecule has 0 saturated carbocycles. The molecule has 0 spiro atoms. The molecule has 0 aliphatic rings. The maximum absolute atomic E-state index is 12.5. The lowest BCUT2D eigenvalue weighted by atomic mass is 10.0. The van der Waals surface area contributed by atoms with E-state index in [1.807, 2.05) is 6.08 Å². The zero-order chi connectivity index (χ0) is 50.7. The van der Waals surface area contributed by atoms with Gasteiger partial charge in [0.1, 0.15) is 0 Å². The van der Waals surface area contributed by atoms with E-state index in [0.29, 0.717) is 19.4 Å². The van der Waals surface area contributed by atoms with Crippen LogP contribution < -0.4 is 5.32 Å². The van der Waals surface area contributed by atoms with Crippen LogP contribution in [-0.4, -0.2) is 47.4 Å². The molecule has 0 aromatic carbocycles. The summed E-state index contributed by atoms with van der Waals surface area (Å²) in [7, 11) is 0. The molecule has 0 rings (SSSR count). The van der Waals surface area contributed by atoms with Gasteiger partial charge in [-0.3, -0.25) is 9.59 Å². The van der Waals surface area contributed by atoms with Crippen molar-refractivity contribution in [3.8, 4) is 0 Å². The zero-order valence-corrected chi connectivity index (χ0v) is 47.0. The van der Waals surface area contributed by atoms with E-state index in [0.717, 1.165) is 57.8 Å². The van der Waals surface area contributed by atoms with E-state index in [-0.39, 0.29) is 18.5 Å². The summed E-state index contributed by atoms with van der Waals surface area (Å²) in [5.74, 6) is -0.0686. The first-order valence-corrected chi connectivity index (χ1v) is 31.3. The number of nitrogens with one attached hydrogen (secondary N) is 1. The number of hydrogen-bond acceptors (Lipinski definition) is 5. The average molecular weight is 985 g/mol. The Hall–Kier alpha value is -1.92. The molecule has 6 heteroatoms. The van der Waals surface area contributed by atoms with Crippen LogP contribution in [-0.2, 0) is 14.3 Å². The molecule has 6 nitrogen and oxygen atoms in total. The van der Waals surface area contributed by atoms with E-state index >= 15 is 0 Å². The summed E-state index contributed by atoms with van der Waals surface area (Å²) in [6.07, 6.45) is 74.7. The fourth-order valence-corrected chi connectivity index (χ4v) is 9.61. The third-order valence-corrected chi connectivity index (χ3v) is 14.4. The van der Waals surface area contributed by atoms with E-state index in [1.165, 1.54) is 250 Å². The minimum absolute atomic E-state index is 0.00809. The summed E-state index contributed by atoms with van der Waals surface area (Å²) in [5.41, 5.74) is 0. The van der Waals surface area contributed by atoms with Crippen LogP contribution in [0.5, 0.6) is 0 Å². The van der Waals surface area contributed by atoms with Crippen LogP contribution in [0, 0.1) is 0 Å². The number of carbonyl (C=O) groups is 2. The number of aliphatic hydroxyl groups excluding tert-OH is 2. The Labute approximate surface area is 436 Å². The van der Waals surface area contributed by atoms with Gasteiger partial charge in [0.2, 0.25) is 5.91 Å². The van der Waals surface area contributed by atoms with E-state index in [2.05, 4.69) is 43.5 Å². The maximum Gasteiger partial charge on any atom is 0.305 e. The van der Waals surface area contributed by atoms with Crippen LogP contribution in [0.2, 0.25) is 0 Å². The number of ether oxygens (including phenoxy) is 1. The number of hydrogen-bond donors (Lipinski definition) is 3. The second-order valence-electron chi connectivity index (χ2n) is 21.4. The molecule has 412 valence electrons. The number of unbranched alkanes of at least 4 members (excludes halogenated alkanes) is 43. The highest BCUT2D eigenvalue weighted by Crippen LogP contribution is 2.17. The van der Waals surface area contributed by atoms with Gasteiger partial charge in [-0.1, -0.05) is 294 Å². The van der Waals surface area contributed by atoms with Crippen molar-refractivity contribution in [1.29, 1.82) is 0 Å². The first kappa shape index (κ1) is 68.1. The zero-order valence-electron chi connectivity index (χ0n) is 47.0. The Kier molecular flexibility index (Phi) is 58.0. The number of aliphatic hydroxyl groups is 2. The van der Waals surface area contributed by atoms with Crippen molar-refractivity contribution in [3.63, 3.8) is 0 Å². The molecule has 0 fully saturated rings. The lowest BCUT2D eigenvalue weighted by Crippen LogP contribution is -2.45. The molecule has 0 heterocycles. The summed E-state index contributed by atoms with van der Waals surface area (Å²) >= 11 is 0. The molecule has 0 aromatic heterocycles. The molecule has 0 aliphatic carbocycles. The maximum atomic E-state index is 12.5. The van der Waals surface area contributed by atoms with Crippen LogP contribution >= 0.6 is 0 Å². The number of esters is 1. The third-order valence-electron chi connectivity index (χ3n) is 14.4. The van der Waals surface area contributed by atoms with Crippen LogP contribution in [0.15, 0.2) is 36.5 Å². The molecule has 2 unspecified atom stereocenters. The minimum Gasteiger partial charge on any atom is -0.466 e. The van der Waals surface area contributed by atoms with Crippen molar-refractivity contribution in [1.82, 2.24) is 5.32 Å². The lowest BCUT2D eigenvalue weighted by molar-refractivity contribution is -0.143. The highest BCUT2D eigenvalue weighted by molar-refractivity contribution is 5.76. The topological polar surface area (TPSA) is 95.9 Å². The van der Waals surface area contributed by atoms with Gasteiger partial charge in [0, 0.05) is 12.8 Å². The van der Waals surface area contributed by atoms with Crippen LogP contribution in [0.25, 0.3) is 0 Å². The second-order valence-corrected chi connectivity index (χ2v) is 21.4. The van der Waals surface area contributed by atoms with Crippen molar-refractivity contribution in [2.75, 3.05) is 13.2 Å². The predicted molar refractivity (Wildman–Crippen MR) is 306 cm³/mol. The SMILES string of the molecule is CCCCCCCCCCCCCCCCC/C=C/C(O)C(CO)NC(=O)CCCCCCCCC/C=C\C/C=C\CCCCCCCCCCCOC(=O)CCCCCCCCCCCCCCC. The third kappa shape index (κ3) is 55.4. The molecule has 70 heavy (non-hydrogen) atoms. The standard InChI is InChI=1S/C64H121NO5/c1-3-5-7-9-11-13-15-17-18-26-29-33-36-40-44-48-52-56-62(67)61(60-66)65-63(68)57-53-49-45-41-37-34-30-27-24-22-20-19-21-23-25-28-31-35-39-43-47-51-55-59-70-64(69)58-54-50-46-42-38-32-16-14-12-10-8-6-4-2/h19,21-22,24,52,56,61-62,66-67H,3-18,20,23,25-51,53-55,57-60H2,1-2H3,(H,65,68)/b21-19-,24-22-,56-52+. The lowest BCUT2D eigenvalue weighted by Gasteiger charge is -2.20. The number of amides is 1. The second kappa shape index (κ2) is 59.6. The highest BCUT2D eigenvalue weighted by Gasteiger charge is 2.18. The van der Waals surface area contributed by atoms with Crippen molar-refractivity contribution in [2.24, 2.45) is 0 Å². The fraction of sp³-hybridized carbons (Fsp3) is 0.875. The van der Waals surface area contributed by atoms with Gasteiger partial charge in [-0.2, -0.15) is 0 Å². The van der Waals surface area contributed by atoms with E-state index < -0.39 is 12.1 Å². The van der Waals surface area contributed by atoms with Gasteiger partial charge in [0.15, 0.2) is 0 Å². The van der Waals surface area contributed by atoms with Crippen molar-refractivity contribution < 1.29 is 24.5 Å². The summed E-state index contributed by atoms with van der Waals surface area (Å²) in [5, 5.41) is 23.1. The van der Waals surface area contributed by atoms with Crippen molar-refractivity contribution in [3.05, 3.63) is 36.5 Å². The van der Waals surface area contributed by atoms with Gasteiger partial charge in [0.05, 0.1) is 25.4 Å². The summed E-state index contributed by atoms with van der Waals surface area (Å²) in [6, 6.07) is -0.636. The Morgan fingerprint density at radius 2 is 0.714 bits per heavy atom. The normalized spacial score (nSPS) is 12.8. The molecule has 0 radical (unpaired) electrons. The Morgan fingerprint density at radius 1 is 0.400 bits per heavy atom. The summed E-state index contributed by atoms with van der Waals surface area (Å²) in [6.45, 7) is 4.91. The summed E-state index contributed by atoms with van der Waals surface area (Å²) < 4.78 is 5.47. The smallest absolute Gasteiger partial charge is 0.305 e. The van der Waals surface area contributed by atoms with Gasteiger partial charge < -0.3 is 20.3 Å². The number of carbonyl (C=O) groups excluding carboxylic acids is 2. The van der Waals surface area contributed by atoms with E-state index in [4.69, 9.17) is 4.74 Å². The Morgan fingerprint density at radius 3 is 1.09 bits per heavy atom.